The molecule has 33 heavy (non-hydrogen) atoms. The average Bonchev–Trinajstić information content (AvgIpc) is 3.50. The van der Waals surface area contributed by atoms with Crippen LogP contribution in [0.2, 0.25) is 0 Å². The second-order valence-corrected chi connectivity index (χ2v) is 7.49. The van der Waals surface area contributed by atoms with E-state index in [2.05, 4.69) is 30.5 Å². The number of nitrogens with zero attached hydrogens (tertiary/aromatic N) is 4. The fourth-order valence-corrected chi connectivity index (χ4v) is 3.95. The molecular formula is C20H23Cl2FN8O2. The molecule has 10 nitrogen and oxygen atoms in total. The molecule has 0 saturated carbocycles. The van der Waals surface area contributed by atoms with Crippen LogP contribution in [0.15, 0.2) is 29.2 Å². The van der Waals surface area contributed by atoms with Gasteiger partial charge >= 0.3 is 0 Å². The van der Waals surface area contributed by atoms with E-state index in [1.165, 1.54) is 24.8 Å². The van der Waals surface area contributed by atoms with Gasteiger partial charge in [-0.2, -0.15) is 0 Å². The average molecular weight is 497 g/mol. The first kappa shape index (κ1) is 24.5. The lowest BCUT2D eigenvalue weighted by molar-refractivity contribution is 0.0945. The summed E-state index contributed by atoms with van der Waals surface area (Å²) >= 11 is 0. The van der Waals surface area contributed by atoms with Crippen molar-refractivity contribution in [1.29, 1.82) is 0 Å². The number of nitrogens with one attached hydrogen (secondary N) is 3. The number of hydrogen-bond acceptors (Lipinski definition) is 8. The van der Waals surface area contributed by atoms with Gasteiger partial charge in [0.15, 0.2) is 17.9 Å². The summed E-state index contributed by atoms with van der Waals surface area (Å²) in [5, 5.41) is 7.17. The predicted molar refractivity (Wildman–Crippen MR) is 128 cm³/mol. The number of amides is 1. The lowest BCUT2D eigenvalue weighted by atomic mass is 10.1. The van der Waals surface area contributed by atoms with Gasteiger partial charge in [-0.15, -0.1) is 24.8 Å². The van der Waals surface area contributed by atoms with E-state index in [0.29, 0.717) is 34.9 Å². The van der Waals surface area contributed by atoms with Crippen molar-refractivity contribution in [3.63, 3.8) is 0 Å². The Morgan fingerprint density at radius 3 is 2.85 bits per heavy atom. The molecule has 1 atom stereocenters. The molecule has 1 unspecified atom stereocenters. The molecule has 13 heteroatoms. The van der Waals surface area contributed by atoms with Gasteiger partial charge in [-0.25, -0.2) is 19.3 Å². The van der Waals surface area contributed by atoms with Crippen molar-refractivity contribution in [3.05, 3.63) is 42.1 Å². The van der Waals surface area contributed by atoms with Crippen LogP contribution in [0.3, 0.4) is 0 Å². The van der Waals surface area contributed by atoms with Crippen LogP contribution in [-0.2, 0) is 6.54 Å². The van der Waals surface area contributed by atoms with E-state index in [1.807, 2.05) is 0 Å². The van der Waals surface area contributed by atoms with Crippen molar-refractivity contribution in [2.75, 3.05) is 30.4 Å². The Labute approximate surface area is 200 Å². The van der Waals surface area contributed by atoms with Crippen LogP contribution in [0.5, 0.6) is 0 Å². The van der Waals surface area contributed by atoms with Gasteiger partial charge in [0.2, 0.25) is 0 Å². The van der Waals surface area contributed by atoms with Crippen molar-refractivity contribution in [3.8, 4) is 0 Å². The summed E-state index contributed by atoms with van der Waals surface area (Å²) in [5.41, 5.74) is 8.22. The van der Waals surface area contributed by atoms with Gasteiger partial charge in [-0.1, -0.05) is 0 Å². The van der Waals surface area contributed by atoms with Gasteiger partial charge in [-0.3, -0.25) is 4.79 Å². The second kappa shape index (κ2) is 9.77. The van der Waals surface area contributed by atoms with E-state index in [9.17, 15) is 9.18 Å². The van der Waals surface area contributed by atoms with Crippen LogP contribution in [0.1, 0.15) is 22.7 Å². The van der Waals surface area contributed by atoms with Gasteiger partial charge in [-0.05, 0) is 18.6 Å². The van der Waals surface area contributed by atoms with Crippen molar-refractivity contribution >= 4 is 64.2 Å². The SMILES string of the molecule is CNc1cc(F)cc2c1[nH]c1nc(CNC(=O)c3cocn3)nc(N3CCC(N)C3)c12.Cl.Cl. The second-order valence-electron chi connectivity index (χ2n) is 7.49. The molecular weight excluding hydrogens is 474 g/mol. The van der Waals surface area contributed by atoms with Gasteiger partial charge in [0.25, 0.3) is 5.91 Å². The van der Waals surface area contributed by atoms with E-state index < -0.39 is 5.91 Å². The highest BCUT2D eigenvalue weighted by Crippen LogP contribution is 2.36. The maximum atomic E-state index is 14.3. The third kappa shape index (κ3) is 4.52. The number of anilines is 2. The zero-order valence-corrected chi connectivity index (χ0v) is 19.2. The van der Waals surface area contributed by atoms with E-state index in [-0.39, 0.29) is 48.9 Å². The minimum atomic E-state index is -0.390. The largest absolute Gasteiger partial charge is 0.451 e. The number of fused-ring (bicyclic) bond motifs is 3. The Morgan fingerprint density at radius 1 is 1.36 bits per heavy atom. The third-order valence-corrected chi connectivity index (χ3v) is 5.42. The van der Waals surface area contributed by atoms with Crippen molar-refractivity contribution in [2.24, 2.45) is 5.73 Å². The number of carbonyl (C=O) groups excluding carboxylic acids is 1. The van der Waals surface area contributed by atoms with Crippen LogP contribution in [0.4, 0.5) is 15.9 Å². The molecule has 0 aliphatic carbocycles. The van der Waals surface area contributed by atoms with Crippen molar-refractivity contribution in [2.45, 2.75) is 19.0 Å². The number of carbonyl (C=O) groups is 1. The number of aromatic amines is 1. The molecule has 5 rings (SSSR count). The molecule has 176 valence electrons. The first-order valence-corrected chi connectivity index (χ1v) is 9.90. The fraction of sp³-hybridized carbons (Fsp3) is 0.300. The van der Waals surface area contributed by atoms with Crippen LogP contribution in [0.25, 0.3) is 21.9 Å². The molecule has 1 aromatic carbocycles. The normalized spacial score (nSPS) is 15.4. The smallest absolute Gasteiger partial charge is 0.273 e. The lowest BCUT2D eigenvalue weighted by Crippen LogP contribution is -2.28. The molecule has 1 amide bonds. The summed E-state index contributed by atoms with van der Waals surface area (Å²) in [7, 11) is 1.73. The summed E-state index contributed by atoms with van der Waals surface area (Å²) in [6, 6.07) is 2.94. The monoisotopic (exact) mass is 496 g/mol. The molecule has 0 spiro atoms. The van der Waals surface area contributed by atoms with Gasteiger partial charge in [0.05, 0.1) is 23.1 Å². The number of rotatable bonds is 5. The molecule has 4 aromatic rings. The van der Waals surface area contributed by atoms with Crippen molar-refractivity contribution in [1.82, 2.24) is 25.3 Å². The Balaban J connectivity index is 0.00000153. The first-order valence-electron chi connectivity index (χ1n) is 9.90. The van der Waals surface area contributed by atoms with Gasteiger partial charge < -0.3 is 30.7 Å². The van der Waals surface area contributed by atoms with E-state index in [4.69, 9.17) is 15.1 Å². The van der Waals surface area contributed by atoms with Gasteiger partial charge in [0, 0.05) is 31.6 Å². The Kier molecular flexibility index (Phi) is 7.25. The molecule has 4 heterocycles. The molecule has 1 aliphatic heterocycles. The first-order chi connectivity index (χ1) is 15.0. The van der Waals surface area contributed by atoms with Crippen LogP contribution < -0.4 is 21.3 Å². The van der Waals surface area contributed by atoms with Crippen LogP contribution >= 0.6 is 24.8 Å². The third-order valence-electron chi connectivity index (χ3n) is 5.42. The number of nitrogens with two attached hydrogens (primary N) is 1. The number of benzene rings is 1. The standard InChI is InChI=1S/C20H21FN8O2.2ClH/c1-23-13-5-10(21)4-12-16-18(28-17(12)13)26-15(6-24-20(30)14-8-31-9-25-14)27-19(16)29-3-2-11(22)7-29;;/h4-5,8-9,11,23H,2-3,6-7,22H2,1H3,(H,24,30)(H,26,27,28);2*1H. The molecule has 1 saturated heterocycles. The Morgan fingerprint density at radius 2 is 2.18 bits per heavy atom. The lowest BCUT2D eigenvalue weighted by Gasteiger charge is -2.19. The fourth-order valence-electron chi connectivity index (χ4n) is 3.95. The highest BCUT2D eigenvalue weighted by Gasteiger charge is 2.26. The zero-order valence-electron chi connectivity index (χ0n) is 17.6. The zero-order chi connectivity index (χ0) is 21.5. The van der Waals surface area contributed by atoms with Crippen LogP contribution in [0, 0.1) is 5.82 Å². The predicted octanol–water partition coefficient (Wildman–Crippen LogP) is 2.59. The van der Waals surface area contributed by atoms with E-state index >= 15 is 0 Å². The molecule has 0 radical (unpaired) electrons. The summed E-state index contributed by atoms with van der Waals surface area (Å²) in [5.74, 6) is 0.338. The molecule has 0 bridgehead atoms. The quantitative estimate of drug-likeness (QED) is 0.330. The molecule has 1 aliphatic rings. The summed E-state index contributed by atoms with van der Waals surface area (Å²) in [6.45, 7) is 1.47. The summed E-state index contributed by atoms with van der Waals surface area (Å²) in [4.78, 5) is 30.7. The number of H-pyrrole nitrogens is 1. The maximum absolute atomic E-state index is 14.3. The van der Waals surface area contributed by atoms with E-state index in [0.717, 1.165) is 23.9 Å². The maximum Gasteiger partial charge on any atom is 0.273 e. The number of hydrogen-bond donors (Lipinski definition) is 4. The Bertz CT molecular complexity index is 1280. The summed E-state index contributed by atoms with van der Waals surface area (Å²) in [6.07, 6.45) is 3.29. The van der Waals surface area contributed by atoms with Crippen molar-refractivity contribution < 1.29 is 13.6 Å². The van der Waals surface area contributed by atoms with Gasteiger partial charge in [0.1, 0.15) is 23.5 Å². The number of oxazole rings is 1. The minimum absolute atomic E-state index is 0. The topological polar surface area (TPSA) is 138 Å². The molecule has 1 fully saturated rings. The molecule has 5 N–H and O–H groups in total. The molecule has 3 aromatic heterocycles. The Hall–Kier alpha value is -3.15. The van der Waals surface area contributed by atoms with E-state index in [1.54, 1.807) is 7.05 Å². The number of halogens is 3. The summed E-state index contributed by atoms with van der Waals surface area (Å²) < 4.78 is 19.1. The number of aromatic nitrogens is 4. The highest BCUT2D eigenvalue weighted by molar-refractivity contribution is 6.14. The highest BCUT2D eigenvalue weighted by atomic mass is 35.5. The van der Waals surface area contributed by atoms with Crippen LogP contribution in [-0.4, -0.2) is 52.0 Å². The minimum Gasteiger partial charge on any atom is -0.451 e.